The molecule has 0 aliphatic rings. The van der Waals surface area contributed by atoms with Crippen LogP contribution >= 0.6 is 27.5 Å². The highest BCUT2D eigenvalue weighted by Crippen LogP contribution is 2.35. The Balaban J connectivity index is 2.28. The van der Waals surface area contributed by atoms with Crippen LogP contribution in [0.1, 0.15) is 5.56 Å². The van der Waals surface area contributed by atoms with Gasteiger partial charge in [0.15, 0.2) is 0 Å². The smallest absolute Gasteiger partial charge is 0.417 e. The van der Waals surface area contributed by atoms with Gasteiger partial charge < -0.3 is 4.74 Å². The maximum absolute atomic E-state index is 13.0. The third-order valence-corrected chi connectivity index (χ3v) is 3.12. The highest BCUT2D eigenvalue weighted by Gasteiger charge is 2.31. The van der Waals surface area contributed by atoms with Crippen LogP contribution in [0, 0.1) is 5.82 Å². The van der Waals surface area contributed by atoms with Crippen LogP contribution in [0.4, 0.5) is 17.6 Å². The minimum atomic E-state index is -4.53. The predicted molar refractivity (Wildman–Crippen MR) is 68.4 cm³/mol. The van der Waals surface area contributed by atoms with Crippen LogP contribution in [-0.2, 0) is 6.18 Å². The molecule has 0 N–H and O–H groups in total. The third-order valence-electron chi connectivity index (χ3n) is 2.24. The lowest BCUT2D eigenvalue weighted by Gasteiger charge is -2.10. The van der Waals surface area contributed by atoms with Gasteiger partial charge in [-0.3, -0.25) is 0 Å². The van der Waals surface area contributed by atoms with Gasteiger partial charge in [-0.15, -0.1) is 0 Å². The maximum Gasteiger partial charge on any atom is 0.417 e. The highest BCUT2D eigenvalue weighted by molar-refractivity contribution is 9.10. The van der Waals surface area contributed by atoms with Gasteiger partial charge in [-0.2, -0.15) is 13.2 Å². The second-order valence-corrected chi connectivity index (χ2v) is 4.95. The topological polar surface area (TPSA) is 22.1 Å². The Morgan fingerprint density at radius 3 is 2.45 bits per heavy atom. The van der Waals surface area contributed by atoms with E-state index in [9.17, 15) is 17.6 Å². The number of benzene rings is 1. The number of aromatic nitrogens is 1. The van der Waals surface area contributed by atoms with E-state index in [1.807, 2.05) is 0 Å². The number of halogens is 6. The number of hydrogen-bond acceptors (Lipinski definition) is 2. The van der Waals surface area contributed by atoms with Gasteiger partial charge in [-0.05, 0) is 40.2 Å². The summed E-state index contributed by atoms with van der Waals surface area (Å²) in [5.74, 6) is -0.505. The minimum Gasteiger partial charge on any atom is -0.437 e. The van der Waals surface area contributed by atoms with E-state index in [0.29, 0.717) is 12.3 Å². The van der Waals surface area contributed by atoms with Crippen molar-refractivity contribution in [1.29, 1.82) is 0 Å². The minimum absolute atomic E-state index is 0.151. The van der Waals surface area contributed by atoms with E-state index in [4.69, 9.17) is 16.3 Å². The molecule has 1 aromatic heterocycles. The molecule has 106 valence electrons. The fraction of sp³-hybridized carbons (Fsp3) is 0.0833. The summed E-state index contributed by atoms with van der Waals surface area (Å²) in [5, 5.41) is -0.291. The molecule has 0 unspecified atom stereocenters. The fourth-order valence-electron chi connectivity index (χ4n) is 1.31. The van der Waals surface area contributed by atoms with Crippen molar-refractivity contribution in [2.75, 3.05) is 0 Å². The van der Waals surface area contributed by atoms with Gasteiger partial charge in [-0.25, -0.2) is 9.37 Å². The third kappa shape index (κ3) is 3.40. The van der Waals surface area contributed by atoms with E-state index in [2.05, 4.69) is 20.9 Å². The predicted octanol–water partition coefficient (Wildman–Crippen LogP) is 5.45. The Morgan fingerprint density at radius 1 is 1.20 bits per heavy atom. The van der Waals surface area contributed by atoms with Crippen LogP contribution in [0.5, 0.6) is 11.6 Å². The quantitative estimate of drug-likeness (QED) is 0.656. The van der Waals surface area contributed by atoms with Crippen LogP contribution in [-0.4, -0.2) is 4.98 Å². The molecule has 0 saturated heterocycles. The normalized spacial score (nSPS) is 11.5. The summed E-state index contributed by atoms with van der Waals surface area (Å²) >= 11 is 8.64. The summed E-state index contributed by atoms with van der Waals surface area (Å²) < 4.78 is 55.7. The van der Waals surface area contributed by atoms with Crippen LogP contribution < -0.4 is 4.74 Å². The van der Waals surface area contributed by atoms with Crippen molar-refractivity contribution in [3.05, 3.63) is 51.3 Å². The number of ether oxygens (including phenoxy) is 1. The molecule has 0 radical (unpaired) electrons. The molecule has 20 heavy (non-hydrogen) atoms. The first-order valence-electron chi connectivity index (χ1n) is 5.13. The van der Waals surface area contributed by atoms with E-state index < -0.39 is 17.6 Å². The highest BCUT2D eigenvalue weighted by atomic mass is 79.9. The van der Waals surface area contributed by atoms with E-state index >= 15 is 0 Å². The van der Waals surface area contributed by atoms with E-state index in [0.717, 1.165) is 6.07 Å². The lowest BCUT2D eigenvalue weighted by molar-refractivity contribution is -0.137. The number of hydrogen-bond donors (Lipinski definition) is 0. The largest absolute Gasteiger partial charge is 0.437 e. The Bertz CT molecular complexity index is 648. The second-order valence-electron chi connectivity index (χ2n) is 3.69. The maximum atomic E-state index is 13.0. The number of alkyl halides is 3. The molecule has 0 aliphatic heterocycles. The number of nitrogens with zero attached hydrogens (tertiary/aromatic N) is 1. The summed E-state index contributed by atoms with van der Waals surface area (Å²) in [6.07, 6.45) is -3.92. The van der Waals surface area contributed by atoms with Gasteiger partial charge in [-0.1, -0.05) is 11.6 Å². The molecule has 0 amide bonds. The van der Waals surface area contributed by atoms with E-state index in [1.54, 1.807) is 0 Å². The van der Waals surface area contributed by atoms with Crippen LogP contribution in [0.25, 0.3) is 0 Å². The van der Waals surface area contributed by atoms with Gasteiger partial charge in [0.2, 0.25) is 5.88 Å². The zero-order valence-corrected chi connectivity index (χ0v) is 11.9. The molecule has 0 saturated carbocycles. The summed E-state index contributed by atoms with van der Waals surface area (Å²) in [6, 6.07) is 4.46. The summed E-state index contributed by atoms with van der Waals surface area (Å²) in [5.41, 5.74) is -0.977. The van der Waals surface area contributed by atoms with Crippen LogP contribution in [0.3, 0.4) is 0 Å². The Morgan fingerprint density at radius 2 is 1.90 bits per heavy atom. The van der Waals surface area contributed by atoms with Crippen molar-refractivity contribution in [3.63, 3.8) is 0 Å². The van der Waals surface area contributed by atoms with Crippen molar-refractivity contribution in [1.82, 2.24) is 4.98 Å². The van der Waals surface area contributed by atoms with Crippen LogP contribution in [0.2, 0.25) is 5.02 Å². The zero-order valence-electron chi connectivity index (χ0n) is 9.51. The molecule has 0 spiro atoms. The van der Waals surface area contributed by atoms with Crippen molar-refractivity contribution >= 4 is 27.5 Å². The monoisotopic (exact) mass is 369 g/mol. The molecule has 8 heteroatoms. The number of rotatable bonds is 2. The van der Waals surface area contributed by atoms with Crippen LogP contribution in [0.15, 0.2) is 34.9 Å². The molecule has 2 aromatic rings. The lowest BCUT2D eigenvalue weighted by Crippen LogP contribution is -2.05. The Hall–Kier alpha value is -1.34. The molecular formula is C12H5BrClF4NO. The first-order chi connectivity index (χ1) is 9.27. The molecule has 2 nitrogen and oxygen atoms in total. The summed E-state index contributed by atoms with van der Waals surface area (Å²) in [6.45, 7) is 0. The lowest BCUT2D eigenvalue weighted by atomic mass is 10.3. The van der Waals surface area contributed by atoms with E-state index in [1.165, 1.54) is 12.1 Å². The summed E-state index contributed by atoms with van der Waals surface area (Å²) in [7, 11) is 0. The molecule has 0 bridgehead atoms. The molecule has 1 heterocycles. The van der Waals surface area contributed by atoms with Crippen molar-refractivity contribution in [2.24, 2.45) is 0 Å². The van der Waals surface area contributed by atoms with Gasteiger partial charge in [0, 0.05) is 6.20 Å². The SMILES string of the molecule is Fc1ccc(Oc2ncc(C(F)(F)F)cc2Cl)cc1Br. The first kappa shape index (κ1) is 15.1. The number of pyridine rings is 1. The summed E-state index contributed by atoms with van der Waals surface area (Å²) in [4.78, 5) is 3.51. The van der Waals surface area contributed by atoms with Crippen molar-refractivity contribution in [2.45, 2.75) is 6.18 Å². The zero-order chi connectivity index (χ0) is 14.9. The molecule has 0 atom stereocenters. The molecule has 0 aliphatic carbocycles. The van der Waals surface area contributed by atoms with Gasteiger partial charge in [0.05, 0.1) is 10.0 Å². The average molecular weight is 371 g/mol. The second kappa shape index (κ2) is 5.57. The van der Waals surface area contributed by atoms with Gasteiger partial charge in [0.25, 0.3) is 0 Å². The van der Waals surface area contributed by atoms with Gasteiger partial charge >= 0.3 is 6.18 Å². The first-order valence-corrected chi connectivity index (χ1v) is 6.30. The Kier molecular flexibility index (Phi) is 4.19. The standard InChI is InChI=1S/C12H5BrClF4NO/c13-8-4-7(1-2-10(8)15)20-11-9(14)3-6(5-19-11)12(16,17)18/h1-5H. The molecule has 1 aromatic carbocycles. The van der Waals surface area contributed by atoms with Gasteiger partial charge in [0.1, 0.15) is 16.6 Å². The molecule has 2 rings (SSSR count). The average Bonchev–Trinajstić information content (AvgIpc) is 2.35. The van der Waals surface area contributed by atoms with E-state index in [-0.39, 0.29) is 21.1 Å². The molecule has 0 fully saturated rings. The van der Waals surface area contributed by atoms with Crippen molar-refractivity contribution in [3.8, 4) is 11.6 Å². The Labute approximate surface area is 124 Å². The van der Waals surface area contributed by atoms with Crippen molar-refractivity contribution < 1.29 is 22.3 Å². The fourth-order valence-corrected chi connectivity index (χ4v) is 1.87. The molecular weight excluding hydrogens is 365 g/mol.